The van der Waals surface area contributed by atoms with Gasteiger partial charge in [0.05, 0.1) is 0 Å². The van der Waals surface area contributed by atoms with Crippen LogP contribution in [-0.2, 0) is 0 Å². The molecule has 0 amide bonds. The van der Waals surface area contributed by atoms with Gasteiger partial charge in [-0.05, 0) is 50.5 Å². The molecule has 1 aliphatic heterocycles. The minimum Gasteiger partial charge on any atom is -0.456 e. The molecular formula is C18H17BrFNOS. The van der Waals surface area contributed by atoms with E-state index in [2.05, 4.69) is 41.0 Å². The van der Waals surface area contributed by atoms with Gasteiger partial charge in [-0.25, -0.2) is 4.39 Å². The summed E-state index contributed by atoms with van der Waals surface area (Å²) in [6.07, 6.45) is 2.08. The molecule has 0 N–H and O–H groups in total. The highest BCUT2D eigenvalue weighted by Crippen LogP contribution is 2.43. The second-order valence-electron chi connectivity index (χ2n) is 5.59. The van der Waals surface area contributed by atoms with Crippen LogP contribution in [0, 0.1) is 5.82 Å². The zero-order valence-electron chi connectivity index (χ0n) is 13.0. The Bertz CT molecular complexity index is 761. The Balaban J connectivity index is 2.02. The van der Waals surface area contributed by atoms with Crippen LogP contribution in [0.1, 0.15) is 11.1 Å². The molecule has 0 spiro atoms. The van der Waals surface area contributed by atoms with Crippen molar-refractivity contribution in [1.29, 1.82) is 0 Å². The monoisotopic (exact) mass is 393 g/mol. The van der Waals surface area contributed by atoms with Crippen LogP contribution in [0.4, 0.5) is 4.39 Å². The molecule has 0 atom stereocenters. The summed E-state index contributed by atoms with van der Waals surface area (Å²) < 4.78 is 20.5. The molecule has 0 fully saturated rings. The Morgan fingerprint density at radius 1 is 1.13 bits per heavy atom. The molecule has 0 aliphatic carbocycles. The lowest BCUT2D eigenvalue weighted by atomic mass is 10.1. The predicted octanol–water partition coefficient (Wildman–Crippen LogP) is 5.49. The Hall–Kier alpha value is -1.30. The van der Waals surface area contributed by atoms with E-state index in [1.54, 1.807) is 17.8 Å². The van der Waals surface area contributed by atoms with Gasteiger partial charge in [0.25, 0.3) is 0 Å². The van der Waals surface area contributed by atoms with Crippen molar-refractivity contribution in [2.75, 3.05) is 26.4 Å². The van der Waals surface area contributed by atoms with Crippen molar-refractivity contribution in [3.05, 3.63) is 57.8 Å². The fraction of sp³-hybridized carbons (Fsp3) is 0.222. The molecule has 1 aliphatic rings. The molecule has 23 heavy (non-hydrogen) atoms. The second kappa shape index (κ2) is 7.07. The van der Waals surface area contributed by atoms with E-state index in [1.807, 2.05) is 18.2 Å². The quantitative estimate of drug-likeness (QED) is 0.681. The van der Waals surface area contributed by atoms with Gasteiger partial charge in [0, 0.05) is 38.9 Å². The SMILES string of the molecule is CN(C)CCSC1=Cc2ccc(F)cc2Oc2ccc(Br)cc21. The van der Waals surface area contributed by atoms with Crippen LogP contribution in [0.2, 0.25) is 0 Å². The summed E-state index contributed by atoms with van der Waals surface area (Å²) in [5.41, 5.74) is 1.92. The molecule has 1 heterocycles. The summed E-state index contributed by atoms with van der Waals surface area (Å²) in [5, 5.41) is 0. The Kier molecular flexibility index (Phi) is 5.09. The summed E-state index contributed by atoms with van der Waals surface area (Å²) in [6.45, 7) is 0.989. The van der Waals surface area contributed by atoms with Gasteiger partial charge in [0.1, 0.15) is 17.3 Å². The van der Waals surface area contributed by atoms with E-state index in [9.17, 15) is 4.39 Å². The first-order valence-corrected chi connectivity index (χ1v) is 9.07. The topological polar surface area (TPSA) is 12.5 Å². The van der Waals surface area contributed by atoms with Crippen molar-refractivity contribution >= 4 is 38.7 Å². The van der Waals surface area contributed by atoms with Gasteiger partial charge in [-0.1, -0.05) is 15.9 Å². The molecule has 2 nitrogen and oxygen atoms in total. The number of ether oxygens (including phenoxy) is 1. The fourth-order valence-corrected chi connectivity index (χ4v) is 3.86. The van der Waals surface area contributed by atoms with Gasteiger partial charge in [0.15, 0.2) is 0 Å². The first-order chi connectivity index (χ1) is 11.0. The number of fused-ring (bicyclic) bond motifs is 2. The van der Waals surface area contributed by atoms with E-state index in [4.69, 9.17) is 4.74 Å². The van der Waals surface area contributed by atoms with E-state index in [1.165, 1.54) is 12.1 Å². The van der Waals surface area contributed by atoms with Crippen LogP contribution >= 0.6 is 27.7 Å². The first-order valence-electron chi connectivity index (χ1n) is 7.29. The van der Waals surface area contributed by atoms with Crippen LogP contribution in [0.3, 0.4) is 0 Å². The molecule has 2 aromatic carbocycles. The van der Waals surface area contributed by atoms with Crippen molar-refractivity contribution in [3.8, 4) is 11.5 Å². The number of halogens is 2. The molecule has 0 bridgehead atoms. The molecule has 3 rings (SSSR count). The van der Waals surface area contributed by atoms with Gasteiger partial charge in [0.2, 0.25) is 0 Å². The van der Waals surface area contributed by atoms with Gasteiger partial charge < -0.3 is 9.64 Å². The maximum absolute atomic E-state index is 13.5. The number of nitrogens with zero attached hydrogens (tertiary/aromatic N) is 1. The predicted molar refractivity (Wildman–Crippen MR) is 99.5 cm³/mol. The third-order valence-corrected chi connectivity index (χ3v) is 5.01. The van der Waals surface area contributed by atoms with Gasteiger partial charge in [-0.15, -0.1) is 11.8 Å². The van der Waals surface area contributed by atoms with Gasteiger partial charge >= 0.3 is 0 Å². The molecule has 2 aromatic rings. The average Bonchev–Trinajstić information content (AvgIpc) is 2.63. The molecule has 0 saturated carbocycles. The minimum atomic E-state index is -0.292. The van der Waals surface area contributed by atoms with Crippen LogP contribution < -0.4 is 4.74 Å². The minimum absolute atomic E-state index is 0.292. The number of thioether (sulfide) groups is 1. The zero-order chi connectivity index (χ0) is 16.4. The van der Waals surface area contributed by atoms with Crippen LogP contribution in [-0.4, -0.2) is 31.3 Å². The smallest absolute Gasteiger partial charge is 0.137 e. The number of hydrogen-bond donors (Lipinski definition) is 0. The Labute approximate surface area is 148 Å². The number of benzene rings is 2. The Morgan fingerprint density at radius 2 is 1.96 bits per heavy atom. The van der Waals surface area contributed by atoms with Gasteiger partial charge in [-0.3, -0.25) is 0 Å². The van der Waals surface area contributed by atoms with E-state index in [0.29, 0.717) is 5.75 Å². The summed E-state index contributed by atoms with van der Waals surface area (Å²) in [5.74, 6) is 1.99. The summed E-state index contributed by atoms with van der Waals surface area (Å²) in [6, 6.07) is 10.6. The van der Waals surface area contributed by atoms with Crippen molar-refractivity contribution in [3.63, 3.8) is 0 Å². The largest absolute Gasteiger partial charge is 0.456 e. The maximum Gasteiger partial charge on any atom is 0.137 e. The molecule has 0 aromatic heterocycles. The average molecular weight is 394 g/mol. The van der Waals surface area contributed by atoms with Crippen molar-refractivity contribution < 1.29 is 9.13 Å². The fourth-order valence-electron chi connectivity index (χ4n) is 2.29. The Morgan fingerprint density at radius 3 is 2.74 bits per heavy atom. The zero-order valence-corrected chi connectivity index (χ0v) is 15.4. The standard InChI is InChI=1S/C18H17BrFNOS/c1-21(2)7-8-23-18-9-12-3-5-14(20)11-17(12)22-16-6-4-13(19)10-15(16)18/h3-6,9-11H,7-8H2,1-2H3. The summed E-state index contributed by atoms with van der Waals surface area (Å²) >= 11 is 5.30. The number of hydrogen-bond acceptors (Lipinski definition) is 3. The third kappa shape index (κ3) is 3.97. The third-order valence-electron chi connectivity index (χ3n) is 3.49. The highest BCUT2D eigenvalue weighted by molar-refractivity contribution is 9.10. The molecule has 0 saturated heterocycles. The maximum atomic E-state index is 13.5. The van der Waals surface area contributed by atoms with Crippen LogP contribution in [0.5, 0.6) is 11.5 Å². The lowest BCUT2D eigenvalue weighted by Gasteiger charge is -2.13. The molecule has 0 radical (unpaired) electrons. The second-order valence-corrected chi connectivity index (χ2v) is 7.64. The van der Waals surface area contributed by atoms with Gasteiger partial charge in [-0.2, -0.15) is 0 Å². The molecule has 0 unspecified atom stereocenters. The normalized spacial score (nSPS) is 13.0. The van der Waals surface area contributed by atoms with Crippen molar-refractivity contribution in [2.24, 2.45) is 0 Å². The van der Waals surface area contributed by atoms with E-state index >= 15 is 0 Å². The first kappa shape index (κ1) is 16.6. The van der Waals surface area contributed by atoms with Crippen LogP contribution in [0.15, 0.2) is 40.9 Å². The summed E-state index contributed by atoms with van der Waals surface area (Å²) in [4.78, 5) is 3.29. The van der Waals surface area contributed by atoms with E-state index in [0.717, 1.165) is 38.6 Å². The van der Waals surface area contributed by atoms with Crippen molar-refractivity contribution in [2.45, 2.75) is 0 Å². The molecule has 120 valence electrons. The number of rotatable bonds is 4. The highest BCUT2D eigenvalue weighted by Gasteiger charge is 2.18. The van der Waals surface area contributed by atoms with E-state index in [-0.39, 0.29) is 5.82 Å². The lowest BCUT2D eigenvalue weighted by molar-refractivity contribution is 0.437. The lowest BCUT2D eigenvalue weighted by Crippen LogP contribution is -2.14. The highest BCUT2D eigenvalue weighted by atomic mass is 79.9. The summed E-state index contributed by atoms with van der Waals surface area (Å²) in [7, 11) is 4.13. The molecular weight excluding hydrogens is 377 g/mol. The van der Waals surface area contributed by atoms with Crippen molar-refractivity contribution in [1.82, 2.24) is 4.90 Å². The molecule has 5 heteroatoms. The van der Waals surface area contributed by atoms with E-state index < -0.39 is 0 Å². The van der Waals surface area contributed by atoms with Crippen LogP contribution in [0.25, 0.3) is 11.0 Å².